The number of ketones is 1. The van der Waals surface area contributed by atoms with Crippen molar-refractivity contribution in [3.05, 3.63) is 45.9 Å². The Morgan fingerprint density at radius 3 is 2.68 bits per heavy atom. The second-order valence-corrected chi connectivity index (χ2v) is 11.1. The predicted molar refractivity (Wildman–Crippen MR) is 130 cm³/mol. The molecule has 2 aromatic rings. The van der Waals surface area contributed by atoms with E-state index in [2.05, 4.69) is 37.6 Å². The number of methoxy groups -OCH3 is 1. The van der Waals surface area contributed by atoms with Gasteiger partial charge in [-0.3, -0.25) is 14.6 Å². The van der Waals surface area contributed by atoms with E-state index < -0.39 is 12.1 Å². The van der Waals surface area contributed by atoms with Gasteiger partial charge in [-0.25, -0.2) is 9.78 Å². The number of piperazine rings is 1. The highest BCUT2D eigenvalue weighted by Crippen LogP contribution is 2.36. The molecule has 1 N–H and O–H groups in total. The summed E-state index contributed by atoms with van der Waals surface area (Å²) in [5.74, 6) is 0.394. The van der Waals surface area contributed by atoms with E-state index in [0.717, 1.165) is 13.0 Å². The molecule has 0 saturated carbocycles. The van der Waals surface area contributed by atoms with Gasteiger partial charge in [0, 0.05) is 36.6 Å². The number of carbonyl (C=O) groups excluding carboxylic acids is 1. The van der Waals surface area contributed by atoms with Gasteiger partial charge >= 0.3 is 6.09 Å². The Labute approximate surface area is 204 Å². The van der Waals surface area contributed by atoms with Crippen molar-refractivity contribution in [1.29, 1.82) is 0 Å². The first-order chi connectivity index (χ1) is 16.1. The number of aromatic nitrogens is 1. The fourth-order valence-corrected chi connectivity index (χ4v) is 5.40. The molecule has 2 aliphatic heterocycles. The molecule has 184 valence electrons. The Hall–Kier alpha value is -2.49. The van der Waals surface area contributed by atoms with Crippen molar-refractivity contribution >= 4 is 23.2 Å². The van der Waals surface area contributed by atoms with Gasteiger partial charge in [-0.15, -0.1) is 11.3 Å². The highest BCUT2D eigenvalue weighted by Gasteiger charge is 2.44. The lowest BCUT2D eigenvalue weighted by Crippen LogP contribution is -2.53. The minimum absolute atomic E-state index is 0.0470. The SMILES string of the molecule is COc1cccc(C(=O)c2csc([C@@H]3CN4C[C@H](OC(C)C(C)(C)C)C[C@@H]4CN3C(=O)O)n2)c1. The summed E-state index contributed by atoms with van der Waals surface area (Å²) in [6, 6.07) is 6.66. The molecule has 1 aromatic heterocycles. The lowest BCUT2D eigenvalue weighted by molar-refractivity contribution is -0.0506. The maximum Gasteiger partial charge on any atom is 0.407 e. The van der Waals surface area contributed by atoms with Crippen LogP contribution in [0, 0.1) is 5.41 Å². The molecule has 1 amide bonds. The number of benzene rings is 1. The van der Waals surface area contributed by atoms with Crippen molar-refractivity contribution in [3.63, 3.8) is 0 Å². The van der Waals surface area contributed by atoms with E-state index in [1.165, 1.54) is 16.2 Å². The largest absolute Gasteiger partial charge is 0.497 e. The van der Waals surface area contributed by atoms with Crippen molar-refractivity contribution in [2.75, 3.05) is 26.7 Å². The quantitative estimate of drug-likeness (QED) is 0.607. The summed E-state index contributed by atoms with van der Waals surface area (Å²) in [6.07, 6.45) is 0.0337. The van der Waals surface area contributed by atoms with E-state index in [-0.39, 0.29) is 29.4 Å². The second-order valence-electron chi connectivity index (χ2n) is 10.2. The summed E-state index contributed by atoms with van der Waals surface area (Å²) in [6.45, 7) is 10.3. The fraction of sp³-hybridized carbons (Fsp3) is 0.560. The van der Waals surface area contributed by atoms with Crippen LogP contribution in [0.4, 0.5) is 4.79 Å². The molecule has 34 heavy (non-hydrogen) atoms. The van der Waals surface area contributed by atoms with Gasteiger partial charge in [-0.1, -0.05) is 32.9 Å². The lowest BCUT2D eigenvalue weighted by atomic mass is 9.90. The van der Waals surface area contributed by atoms with E-state index in [1.807, 2.05) is 0 Å². The third kappa shape index (κ3) is 5.11. The fourth-order valence-electron chi connectivity index (χ4n) is 4.50. The summed E-state index contributed by atoms with van der Waals surface area (Å²) in [5, 5.41) is 12.3. The molecular weight excluding hydrogens is 454 g/mol. The number of thiazole rings is 1. The van der Waals surface area contributed by atoms with E-state index >= 15 is 0 Å². The first-order valence-corrected chi connectivity index (χ1v) is 12.5. The second kappa shape index (κ2) is 9.64. The van der Waals surface area contributed by atoms with E-state index in [1.54, 1.807) is 36.8 Å². The molecule has 0 aliphatic carbocycles. The van der Waals surface area contributed by atoms with Crippen LogP contribution in [-0.4, -0.2) is 76.8 Å². The number of hydrogen-bond acceptors (Lipinski definition) is 7. The van der Waals surface area contributed by atoms with Gasteiger partial charge in [0.2, 0.25) is 5.78 Å². The van der Waals surface area contributed by atoms with Gasteiger partial charge in [0.05, 0.1) is 25.4 Å². The molecule has 1 aromatic carbocycles. The Balaban J connectivity index is 1.50. The number of ether oxygens (including phenoxy) is 2. The topological polar surface area (TPSA) is 92.2 Å². The summed E-state index contributed by atoms with van der Waals surface area (Å²) in [5.41, 5.74) is 0.857. The van der Waals surface area contributed by atoms with Crippen LogP contribution in [0.2, 0.25) is 0 Å². The zero-order valence-electron chi connectivity index (χ0n) is 20.4. The van der Waals surface area contributed by atoms with E-state index in [0.29, 0.717) is 35.1 Å². The van der Waals surface area contributed by atoms with E-state index in [9.17, 15) is 14.7 Å². The van der Waals surface area contributed by atoms with Crippen LogP contribution in [0.25, 0.3) is 0 Å². The number of nitrogens with zero attached hydrogens (tertiary/aromatic N) is 3. The van der Waals surface area contributed by atoms with Crippen molar-refractivity contribution in [2.45, 2.75) is 58.4 Å². The van der Waals surface area contributed by atoms with Crippen LogP contribution in [0.15, 0.2) is 29.6 Å². The normalized spacial score (nSPS) is 24.0. The third-order valence-electron chi connectivity index (χ3n) is 6.91. The number of fused-ring (bicyclic) bond motifs is 1. The van der Waals surface area contributed by atoms with Crippen LogP contribution in [0.1, 0.15) is 61.2 Å². The van der Waals surface area contributed by atoms with Crippen molar-refractivity contribution in [2.24, 2.45) is 5.41 Å². The summed E-state index contributed by atoms with van der Waals surface area (Å²) >= 11 is 1.33. The average molecular weight is 488 g/mol. The zero-order valence-corrected chi connectivity index (χ0v) is 21.2. The number of rotatable bonds is 6. The minimum atomic E-state index is -0.965. The van der Waals surface area contributed by atoms with Gasteiger partial charge in [0.15, 0.2) is 0 Å². The van der Waals surface area contributed by atoms with Crippen molar-refractivity contribution in [1.82, 2.24) is 14.8 Å². The van der Waals surface area contributed by atoms with Crippen LogP contribution in [0.5, 0.6) is 5.75 Å². The maximum absolute atomic E-state index is 13.0. The molecule has 2 saturated heterocycles. The van der Waals surface area contributed by atoms with Crippen molar-refractivity contribution in [3.8, 4) is 5.75 Å². The minimum Gasteiger partial charge on any atom is -0.497 e. The standard InChI is InChI=1S/C25H33N3O5S/c1-15(25(2,3)4)33-19-10-17-11-28(24(30)31)21(13-27(17)12-19)23-26-20(14-34-23)22(29)16-7-6-8-18(9-16)32-5/h6-9,14-15,17,19,21H,10-13H2,1-5H3,(H,30,31)/t15?,17-,19-,21+/m1/s1. The first kappa shape index (κ1) is 24.6. The maximum atomic E-state index is 13.0. The highest BCUT2D eigenvalue weighted by atomic mass is 32.1. The van der Waals surface area contributed by atoms with Gasteiger partial charge in [0.25, 0.3) is 0 Å². The molecule has 1 unspecified atom stereocenters. The van der Waals surface area contributed by atoms with Gasteiger partial charge in [-0.05, 0) is 30.9 Å². The van der Waals surface area contributed by atoms with Crippen LogP contribution >= 0.6 is 11.3 Å². The smallest absolute Gasteiger partial charge is 0.407 e. The van der Waals surface area contributed by atoms with Crippen LogP contribution < -0.4 is 4.74 Å². The molecule has 4 rings (SSSR count). The Morgan fingerprint density at radius 1 is 1.24 bits per heavy atom. The monoisotopic (exact) mass is 487 g/mol. The lowest BCUT2D eigenvalue weighted by Gasteiger charge is -2.41. The zero-order chi connectivity index (χ0) is 24.6. The van der Waals surface area contributed by atoms with Gasteiger partial charge in [0.1, 0.15) is 16.5 Å². The molecule has 4 atom stereocenters. The molecule has 0 spiro atoms. The van der Waals surface area contributed by atoms with Crippen LogP contribution in [0.3, 0.4) is 0 Å². The Kier molecular flexibility index (Phi) is 6.98. The Morgan fingerprint density at radius 2 is 2.00 bits per heavy atom. The van der Waals surface area contributed by atoms with E-state index in [4.69, 9.17) is 9.47 Å². The molecular formula is C25H33N3O5S. The molecule has 0 bridgehead atoms. The number of carboxylic acid groups (broad SMARTS) is 1. The Bertz CT molecular complexity index is 1050. The predicted octanol–water partition coefficient (Wildman–Crippen LogP) is 4.31. The molecule has 3 heterocycles. The summed E-state index contributed by atoms with van der Waals surface area (Å²) in [4.78, 5) is 33.4. The molecule has 2 fully saturated rings. The third-order valence-corrected chi connectivity index (χ3v) is 7.86. The molecule has 0 radical (unpaired) electrons. The summed E-state index contributed by atoms with van der Waals surface area (Å²) < 4.78 is 11.5. The molecule has 9 heteroatoms. The van der Waals surface area contributed by atoms with Gasteiger partial charge < -0.3 is 14.6 Å². The van der Waals surface area contributed by atoms with Crippen molar-refractivity contribution < 1.29 is 24.2 Å². The van der Waals surface area contributed by atoms with Crippen LogP contribution in [-0.2, 0) is 4.74 Å². The summed E-state index contributed by atoms with van der Waals surface area (Å²) in [7, 11) is 1.55. The molecule has 2 aliphatic rings. The number of carbonyl (C=O) groups is 2. The average Bonchev–Trinajstić information content (AvgIpc) is 3.43. The van der Waals surface area contributed by atoms with Gasteiger partial charge in [-0.2, -0.15) is 0 Å². The number of hydrogen-bond donors (Lipinski definition) is 1. The highest BCUT2D eigenvalue weighted by molar-refractivity contribution is 7.10. The number of amides is 1. The molecule has 8 nitrogen and oxygen atoms in total. The first-order valence-electron chi connectivity index (χ1n) is 11.6.